The van der Waals surface area contributed by atoms with Crippen molar-refractivity contribution in [2.75, 3.05) is 19.6 Å². The minimum Gasteiger partial charge on any atom is -0.309 e. The van der Waals surface area contributed by atoms with Gasteiger partial charge in [0.05, 0.1) is 84.1 Å². The molecule has 0 amide bonds. The standard InChI is InChI=1S/C97H95N11/c1-56-50-77-72(22-21-43-98-77)60(5)90(56)105(68-31-23-64(24-32-68)94(9,10)11)81-54-82(106(69-33-25-65(26-34-69)95(12,13)14)91-57(2)51-78-87(61(91)6)102-47-44-99-78)74-41-42-76-84(108(71-37-29-67(30-38-71)97(18,19)20)93-59(4)53-80-89(63(93)8)104-49-46-101-80)55-83(75-40-39-73(81)85(74)86(75)76)107(70-35-27-66(28-36-70)96(15,16)17)92-58(3)52-79-88(62(92)7)103-48-45-100-79/h21-55H,1-20H3. The molecule has 0 radical (unpaired) electrons. The van der Waals surface area contributed by atoms with Gasteiger partial charge in [0, 0.05) is 121 Å². The number of pyridine rings is 1. The molecule has 0 saturated heterocycles. The van der Waals surface area contributed by atoms with Crippen LogP contribution in [0.15, 0.2) is 213 Å². The average Bonchev–Trinajstić information content (AvgIpc) is 0.694. The van der Waals surface area contributed by atoms with Crippen LogP contribution in [-0.4, -0.2) is 34.9 Å². The SMILES string of the molecule is Cc1cc2ncccc2c(C)c1N(c1ccc(C(C)(C)C)cc1)c1cc(N(c2ccc(C(C)(C)C)cc2)c2c(C)cc3nccnc3c2C)c2ccc3c(N(c4ccc(C(C)(C)C)cc4)c4c(C)cc5nccnc5c4C)cc(N(c4ccc(C(C)(C)C)cc4)c4c(C)cc5nccnc5c4C)c4ccc1c2c43. The summed E-state index contributed by atoms with van der Waals surface area (Å²) in [6.45, 7) is 45.4. The first-order valence-corrected chi connectivity index (χ1v) is 37.8. The van der Waals surface area contributed by atoms with Crippen molar-refractivity contribution < 1.29 is 0 Å². The summed E-state index contributed by atoms with van der Waals surface area (Å²) in [7, 11) is 0. The van der Waals surface area contributed by atoms with Crippen molar-refractivity contribution in [3.05, 3.63) is 280 Å². The summed E-state index contributed by atoms with van der Waals surface area (Å²) in [4.78, 5) is 45.4. The highest BCUT2D eigenvalue weighted by atomic mass is 15.2. The van der Waals surface area contributed by atoms with Gasteiger partial charge in [-0.05, 0) is 218 Å². The lowest BCUT2D eigenvalue weighted by Crippen LogP contribution is -2.19. The van der Waals surface area contributed by atoms with Crippen LogP contribution < -0.4 is 19.6 Å². The van der Waals surface area contributed by atoms with E-state index in [9.17, 15) is 0 Å². The van der Waals surface area contributed by atoms with Crippen molar-refractivity contribution in [3.8, 4) is 0 Å². The Balaban J connectivity index is 1.15. The van der Waals surface area contributed by atoms with E-state index in [4.69, 9.17) is 34.9 Å². The molecule has 11 heteroatoms. The smallest absolute Gasteiger partial charge is 0.0936 e. The number of aryl methyl sites for hydroxylation is 8. The molecule has 0 atom stereocenters. The Morgan fingerprint density at radius 2 is 0.472 bits per heavy atom. The largest absolute Gasteiger partial charge is 0.309 e. The number of hydrogen-bond acceptors (Lipinski definition) is 11. The van der Waals surface area contributed by atoms with Gasteiger partial charge in [-0.1, -0.05) is 162 Å². The molecule has 16 aromatic rings. The number of anilines is 12. The van der Waals surface area contributed by atoms with E-state index in [1.165, 1.54) is 22.3 Å². The zero-order valence-corrected chi connectivity index (χ0v) is 66.1. The molecule has 12 aromatic carbocycles. The zero-order chi connectivity index (χ0) is 75.9. The first kappa shape index (κ1) is 70.6. The van der Waals surface area contributed by atoms with Gasteiger partial charge in [0.1, 0.15) is 0 Å². The first-order valence-electron chi connectivity index (χ1n) is 37.8. The normalized spacial score (nSPS) is 12.4. The monoisotopic (exact) mass is 1410 g/mol. The molecular weight excluding hydrogens is 1320 g/mol. The number of rotatable bonds is 12. The van der Waals surface area contributed by atoms with Crippen molar-refractivity contribution in [1.82, 2.24) is 34.9 Å². The second-order valence-corrected chi connectivity index (χ2v) is 33.9. The molecule has 0 bridgehead atoms. The predicted octanol–water partition coefficient (Wildman–Crippen LogP) is 26.5. The van der Waals surface area contributed by atoms with Crippen LogP contribution in [0.5, 0.6) is 0 Å². The average molecular weight is 1410 g/mol. The maximum absolute atomic E-state index is 5.14. The van der Waals surface area contributed by atoms with Crippen molar-refractivity contribution in [1.29, 1.82) is 0 Å². The topological polar surface area (TPSA) is 103 Å². The summed E-state index contributed by atoms with van der Waals surface area (Å²) in [6.07, 6.45) is 12.8. The van der Waals surface area contributed by atoms with Gasteiger partial charge < -0.3 is 19.6 Å². The molecule has 0 aliphatic heterocycles. The van der Waals surface area contributed by atoms with Crippen LogP contribution in [0.2, 0.25) is 0 Å². The second-order valence-electron chi connectivity index (χ2n) is 33.9. The fraction of sp³-hybridized carbons (Fsp3) is 0.247. The Morgan fingerprint density at radius 1 is 0.231 bits per heavy atom. The van der Waals surface area contributed by atoms with E-state index in [0.717, 1.165) is 189 Å². The second kappa shape index (κ2) is 26.1. The van der Waals surface area contributed by atoms with Gasteiger partial charge in [-0.15, -0.1) is 0 Å². The number of hydrogen-bond donors (Lipinski definition) is 0. The van der Waals surface area contributed by atoms with Crippen molar-refractivity contribution in [2.45, 2.75) is 160 Å². The highest BCUT2D eigenvalue weighted by molar-refractivity contribution is 6.33. The van der Waals surface area contributed by atoms with Crippen LogP contribution in [0.25, 0.3) is 76.3 Å². The van der Waals surface area contributed by atoms with Crippen molar-refractivity contribution in [2.24, 2.45) is 0 Å². The van der Waals surface area contributed by atoms with E-state index >= 15 is 0 Å². The van der Waals surface area contributed by atoms with Crippen LogP contribution >= 0.6 is 0 Å². The van der Waals surface area contributed by atoms with E-state index in [2.05, 4.69) is 328 Å². The molecule has 11 nitrogen and oxygen atoms in total. The third-order valence-corrected chi connectivity index (χ3v) is 22.5. The highest BCUT2D eigenvalue weighted by Crippen LogP contribution is 2.58. The molecule has 538 valence electrons. The van der Waals surface area contributed by atoms with E-state index in [1.54, 1.807) is 18.6 Å². The number of aromatic nitrogens is 7. The van der Waals surface area contributed by atoms with Crippen LogP contribution in [0.4, 0.5) is 68.2 Å². The lowest BCUT2D eigenvalue weighted by atomic mass is 9.86. The molecule has 0 spiro atoms. The molecule has 16 rings (SSSR count). The molecule has 0 N–H and O–H groups in total. The molecular formula is C97H95N11. The van der Waals surface area contributed by atoms with Gasteiger partial charge in [-0.25, -0.2) is 0 Å². The first-order chi connectivity index (χ1) is 51.4. The van der Waals surface area contributed by atoms with E-state index in [1.807, 2.05) is 24.8 Å². The van der Waals surface area contributed by atoms with Crippen LogP contribution in [0, 0.1) is 55.4 Å². The summed E-state index contributed by atoms with van der Waals surface area (Å²) in [5, 5.41) is 7.55. The van der Waals surface area contributed by atoms with Crippen LogP contribution in [0.3, 0.4) is 0 Å². The Morgan fingerprint density at radius 3 is 0.741 bits per heavy atom. The summed E-state index contributed by atoms with van der Waals surface area (Å²) in [6, 6.07) is 65.0. The predicted molar refractivity (Wildman–Crippen MR) is 456 cm³/mol. The van der Waals surface area contributed by atoms with Crippen molar-refractivity contribution >= 4 is 145 Å². The Hall–Kier alpha value is -11.7. The lowest BCUT2D eigenvalue weighted by Gasteiger charge is -2.37. The van der Waals surface area contributed by atoms with Gasteiger partial charge >= 0.3 is 0 Å². The van der Waals surface area contributed by atoms with E-state index in [-0.39, 0.29) is 21.7 Å². The van der Waals surface area contributed by atoms with Crippen LogP contribution in [0.1, 0.15) is 150 Å². The van der Waals surface area contributed by atoms with Gasteiger partial charge in [0.2, 0.25) is 0 Å². The Labute approximate surface area is 635 Å². The minimum absolute atomic E-state index is 0.109. The number of benzene rings is 12. The van der Waals surface area contributed by atoms with Gasteiger partial charge in [-0.2, -0.15) is 0 Å². The summed E-state index contributed by atoms with van der Waals surface area (Å²) in [5.74, 6) is 0. The fourth-order valence-corrected chi connectivity index (χ4v) is 16.9. The maximum Gasteiger partial charge on any atom is 0.0936 e. The van der Waals surface area contributed by atoms with Crippen LogP contribution in [-0.2, 0) is 21.7 Å². The minimum atomic E-state index is -0.116. The molecule has 0 fully saturated rings. The van der Waals surface area contributed by atoms with Gasteiger partial charge in [0.15, 0.2) is 0 Å². The summed E-state index contributed by atoms with van der Waals surface area (Å²) in [5.41, 5.74) is 31.2. The lowest BCUT2D eigenvalue weighted by molar-refractivity contribution is 0.590. The maximum atomic E-state index is 5.14. The molecule has 0 aliphatic rings. The molecule has 4 aromatic heterocycles. The van der Waals surface area contributed by atoms with Crippen molar-refractivity contribution in [3.63, 3.8) is 0 Å². The van der Waals surface area contributed by atoms with E-state index < -0.39 is 0 Å². The molecule has 0 saturated carbocycles. The molecule has 0 aliphatic carbocycles. The molecule has 108 heavy (non-hydrogen) atoms. The quantitative estimate of drug-likeness (QED) is 0.109. The van der Waals surface area contributed by atoms with Gasteiger partial charge in [-0.3, -0.25) is 34.9 Å². The Kier molecular flexibility index (Phi) is 17.0. The number of fused-ring (bicyclic) bond motifs is 4. The summed E-state index contributed by atoms with van der Waals surface area (Å²) >= 11 is 0. The highest BCUT2D eigenvalue weighted by Gasteiger charge is 2.34. The summed E-state index contributed by atoms with van der Waals surface area (Å²) < 4.78 is 0. The van der Waals surface area contributed by atoms with E-state index in [0.29, 0.717) is 0 Å². The number of nitrogens with zero attached hydrogens (tertiary/aromatic N) is 11. The zero-order valence-electron chi connectivity index (χ0n) is 66.1. The fourth-order valence-electron chi connectivity index (χ4n) is 16.9. The third-order valence-electron chi connectivity index (χ3n) is 22.5. The third kappa shape index (κ3) is 11.9. The Bertz CT molecular complexity index is 5490. The van der Waals surface area contributed by atoms with Gasteiger partial charge in [0.25, 0.3) is 0 Å². The molecule has 0 unspecified atom stereocenters. The molecule has 4 heterocycles.